The van der Waals surface area contributed by atoms with Crippen molar-refractivity contribution in [3.05, 3.63) is 0 Å². The molecule has 0 bridgehead atoms. The summed E-state index contributed by atoms with van der Waals surface area (Å²) in [5.74, 6) is -2.07. The Hall–Kier alpha value is -0.780. The summed E-state index contributed by atoms with van der Waals surface area (Å²) in [4.78, 5) is 10.1. The first-order chi connectivity index (χ1) is 5.83. The lowest BCUT2D eigenvalue weighted by molar-refractivity contribution is -0.311. The molecule has 1 unspecified atom stereocenters. The Kier molecular flexibility index (Phi) is 4.76. The number of hydrogen-bond acceptors (Lipinski definition) is 3. The highest BCUT2D eigenvalue weighted by Gasteiger charge is 2.27. The minimum absolute atomic E-state index is 0.0262. The number of carbonyl (C=O) groups is 1. The van der Waals surface area contributed by atoms with Gasteiger partial charge in [-0.15, -0.1) is 0 Å². The Bertz CT molecular complexity index is 167. The molecule has 0 N–H and O–H groups in total. The maximum atomic E-state index is 11.5. The highest BCUT2D eigenvalue weighted by molar-refractivity contribution is 5.66. The summed E-state index contributed by atoms with van der Waals surface area (Å²) in [6.07, 6.45) is -4.33. The molecule has 13 heavy (non-hydrogen) atoms. The van der Waals surface area contributed by atoms with Gasteiger partial charge < -0.3 is 14.6 Å². The fourth-order valence-corrected chi connectivity index (χ4v) is 0.566. The van der Waals surface area contributed by atoms with Crippen molar-refractivity contribution in [2.45, 2.75) is 19.5 Å². The van der Waals surface area contributed by atoms with E-state index in [0.29, 0.717) is 0 Å². The van der Waals surface area contributed by atoms with E-state index in [1.54, 1.807) is 0 Å². The fraction of sp³-hybridized carbons (Fsp3) is 0.857. The lowest BCUT2D eigenvalue weighted by atomic mass is 10.1. The molecule has 1 atom stereocenters. The molecular formula is C7H10F3O3-. The van der Waals surface area contributed by atoms with Crippen LogP contribution in [0.25, 0.3) is 0 Å². The van der Waals surface area contributed by atoms with E-state index in [-0.39, 0.29) is 13.0 Å². The van der Waals surface area contributed by atoms with Gasteiger partial charge in [-0.05, 0) is 12.3 Å². The standard InChI is InChI=1S/C7H11F3O3/c1-5(6(11)12)2-3-13-4-7(8,9)10/h5H,2-4H2,1H3,(H,11,12)/p-1. The van der Waals surface area contributed by atoms with Gasteiger partial charge in [0.1, 0.15) is 6.61 Å². The van der Waals surface area contributed by atoms with Crippen molar-refractivity contribution >= 4 is 5.97 Å². The number of halogens is 3. The number of ether oxygens (including phenoxy) is 1. The molecule has 78 valence electrons. The predicted molar refractivity (Wildman–Crippen MR) is 35.7 cm³/mol. The Morgan fingerprint density at radius 2 is 2.08 bits per heavy atom. The minimum atomic E-state index is -4.36. The monoisotopic (exact) mass is 199 g/mol. The molecule has 0 aromatic heterocycles. The molecule has 0 aliphatic carbocycles. The van der Waals surface area contributed by atoms with Crippen LogP contribution < -0.4 is 5.11 Å². The number of carbonyl (C=O) groups excluding carboxylic acids is 1. The third kappa shape index (κ3) is 7.58. The van der Waals surface area contributed by atoms with Crippen molar-refractivity contribution in [3.8, 4) is 0 Å². The van der Waals surface area contributed by atoms with Gasteiger partial charge >= 0.3 is 6.18 Å². The molecule has 0 aromatic carbocycles. The fourth-order valence-electron chi connectivity index (χ4n) is 0.566. The number of hydrogen-bond donors (Lipinski definition) is 0. The molecule has 6 heteroatoms. The zero-order chi connectivity index (χ0) is 10.5. The highest BCUT2D eigenvalue weighted by Crippen LogP contribution is 2.14. The lowest BCUT2D eigenvalue weighted by Gasteiger charge is -2.12. The van der Waals surface area contributed by atoms with Crippen LogP contribution in [0.2, 0.25) is 0 Å². The second-order valence-corrected chi connectivity index (χ2v) is 2.68. The van der Waals surface area contributed by atoms with E-state index in [2.05, 4.69) is 4.74 Å². The maximum Gasteiger partial charge on any atom is 0.411 e. The zero-order valence-corrected chi connectivity index (χ0v) is 7.06. The van der Waals surface area contributed by atoms with Gasteiger partial charge in [-0.1, -0.05) is 6.92 Å². The van der Waals surface area contributed by atoms with Crippen LogP contribution >= 0.6 is 0 Å². The summed E-state index contributed by atoms with van der Waals surface area (Å²) in [6, 6.07) is 0. The van der Waals surface area contributed by atoms with E-state index >= 15 is 0 Å². The Labute approximate surface area is 73.5 Å². The Morgan fingerprint density at radius 3 is 2.46 bits per heavy atom. The van der Waals surface area contributed by atoms with E-state index in [1.165, 1.54) is 6.92 Å². The van der Waals surface area contributed by atoms with Crippen molar-refractivity contribution in [1.29, 1.82) is 0 Å². The first-order valence-electron chi connectivity index (χ1n) is 3.68. The van der Waals surface area contributed by atoms with Gasteiger partial charge in [0.25, 0.3) is 0 Å². The molecule has 0 spiro atoms. The normalized spacial score (nSPS) is 14.2. The third-order valence-corrected chi connectivity index (χ3v) is 1.36. The summed E-state index contributed by atoms with van der Waals surface area (Å²) in [5.41, 5.74) is 0. The average Bonchev–Trinajstić information content (AvgIpc) is 1.95. The molecule has 0 amide bonds. The summed E-state index contributed by atoms with van der Waals surface area (Å²) in [5, 5.41) is 10.1. The maximum absolute atomic E-state index is 11.5. The first kappa shape index (κ1) is 12.2. The number of carboxylic acid groups (broad SMARTS) is 1. The molecule has 0 saturated carbocycles. The van der Waals surface area contributed by atoms with Crippen molar-refractivity contribution in [1.82, 2.24) is 0 Å². The highest BCUT2D eigenvalue weighted by atomic mass is 19.4. The Balaban J connectivity index is 3.41. The molecule has 0 radical (unpaired) electrons. The summed E-state index contributed by atoms with van der Waals surface area (Å²) in [7, 11) is 0. The summed E-state index contributed by atoms with van der Waals surface area (Å²) in [6.45, 7) is -0.215. The van der Waals surface area contributed by atoms with Crippen molar-refractivity contribution in [2.24, 2.45) is 5.92 Å². The number of alkyl halides is 3. The van der Waals surface area contributed by atoms with Gasteiger partial charge in [-0.2, -0.15) is 13.2 Å². The van der Waals surface area contributed by atoms with Gasteiger partial charge in [0, 0.05) is 12.6 Å². The van der Waals surface area contributed by atoms with Gasteiger partial charge in [0.05, 0.1) is 0 Å². The van der Waals surface area contributed by atoms with Crippen LogP contribution in [0.1, 0.15) is 13.3 Å². The van der Waals surface area contributed by atoms with E-state index in [1.807, 2.05) is 0 Å². The van der Waals surface area contributed by atoms with E-state index in [0.717, 1.165) is 0 Å². The second-order valence-electron chi connectivity index (χ2n) is 2.68. The average molecular weight is 199 g/mol. The number of carboxylic acids is 1. The van der Waals surface area contributed by atoms with Crippen LogP contribution in [-0.4, -0.2) is 25.4 Å². The Morgan fingerprint density at radius 1 is 1.54 bits per heavy atom. The van der Waals surface area contributed by atoms with E-state index < -0.39 is 24.7 Å². The molecular weight excluding hydrogens is 189 g/mol. The van der Waals surface area contributed by atoms with Crippen LogP contribution in [0.4, 0.5) is 13.2 Å². The minimum Gasteiger partial charge on any atom is -0.550 e. The molecule has 0 saturated heterocycles. The number of rotatable bonds is 5. The molecule has 0 aliphatic rings. The van der Waals surface area contributed by atoms with Gasteiger partial charge in [-0.25, -0.2) is 0 Å². The predicted octanol–water partition coefficient (Wildman–Crippen LogP) is 0.341. The van der Waals surface area contributed by atoms with Crippen molar-refractivity contribution in [3.63, 3.8) is 0 Å². The zero-order valence-electron chi connectivity index (χ0n) is 7.06. The van der Waals surface area contributed by atoms with Gasteiger partial charge in [0.15, 0.2) is 0 Å². The molecule has 3 nitrogen and oxygen atoms in total. The van der Waals surface area contributed by atoms with Crippen LogP contribution in [0, 0.1) is 5.92 Å². The van der Waals surface area contributed by atoms with E-state index in [4.69, 9.17) is 0 Å². The summed E-state index contributed by atoms with van der Waals surface area (Å²) < 4.78 is 38.7. The topological polar surface area (TPSA) is 49.4 Å². The molecule has 0 heterocycles. The smallest absolute Gasteiger partial charge is 0.411 e. The third-order valence-electron chi connectivity index (χ3n) is 1.36. The molecule has 0 aliphatic heterocycles. The van der Waals surface area contributed by atoms with Gasteiger partial charge in [0.2, 0.25) is 0 Å². The molecule has 0 rings (SSSR count). The van der Waals surface area contributed by atoms with Crippen LogP contribution in [-0.2, 0) is 9.53 Å². The van der Waals surface area contributed by atoms with Gasteiger partial charge in [-0.3, -0.25) is 0 Å². The van der Waals surface area contributed by atoms with Crippen LogP contribution in [0.3, 0.4) is 0 Å². The SMILES string of the molecule is CC(CCOCC(F)(F)F)C(=O)[O-]. The quantitative estimate of drug-likeness (QED) is 0.600. The van der Waals surface area contributed by atoms with Crippen molar-refractivity contribution < 1.29 is 27.8 Å². The number of aliphatic carboxylic acids is 1. The lowest BCUT2D eigenvalue weighted by Crippen LogP contribution is -2.30. The molecule has 0 aromatic rings. The van der Waals surface area contributed by atoms with Crippen LogP contribution in [0.5, 0.6) is 0 Å². The van der Waals surface area contributed by atoms with Crippen LogP contribution in [0.15, 0.2) is 0 Å². The largest absolute Gasteiger partial charge is 0.550 e. The second kappa shape index (κ2) is 5.06. The molecule has 0 fully saturated rings. The summed E-state index contributed by atoms with van der Waals surface area (Å²) >= 11 is 0. The van der Waals surface area contributed by atoms with E-state index in [9.17, 15) is 23.1 Å². The van der Waals surface area contributed by atoms with Crippen molar-refractivity contribution in [2.75, 3.05) is 13.2 Å². The first-order valence-corrected chi connectivity index (χ1v) is 3.68.